The lowest BCUT2D eigenvalue weighted by molar-refractivity contribution is -0.137. The Bertz CT molecular complexity index is 396. The maximum absolute atomic E-state index is 12.5. The van der Waals surface area contributed by atoms with E-state index in [1.165, 1.54) is 18.9 Å². The summed E-state index contributed by atoms with van der Waals surface area (Å²) >= 11 is 0. The number of rotatable bonds is 5. The summed E-state index contributed by atoms with van der Waals surface area (Å²) in [4.78, 5) is 0. The van der Waals surface area contributed by atoms with Gasteiger partial charge in [0.15, 0.2) is 0 Å². The predicted octanol–water partition coefficient (Wildman–Crippen LogP) is 3.80. The molecule has 1 unspecified atom stereocenters. The zero-order valence-corrected chi connectivity index (χ0v) is 10.1. The number of halogens is 3. The molecule has 1 saturated carbocycles. The Morgan fingerprint density at radius 3 is 2.61 bits per heavy atom. The highest BCUT2D eigenvalue weighted by Gasteiger charge is 2.30. The molecule has 1 N–H and O–H groups in total. The summed E-state index contributed by atoms with van der Waals surface area (Å²) in [5, 5.41) is 9.79. The fourth-order valence-electron chi connectivity index (χ4n) is 2.08. The second-order valence-electron chi connectivity index (χ2n) is 5.08. The van der Waals surface area contributed by atoms with Crippen molar-refractivity contribution in [1.82, 2.24) is 0 Å². The van der Waals surface area contributed by atoms with Crippen LogP contribution in [0.1, 0.15) is 36.8 Å². The molecule has 0 heterocycles. The van der Waals surface area contributed by atoms with E-state index in [2.05, 4.69) is 0 Å². The molecule has 0 saturated heterocycles. The van der Waals surface area contributed by atoms with Gasteiger partial charge in [0, 0.05) is 0 Å². The monoisotopic (exact) mass is 258 g/mol. The topological polar surface area (TPSA) is 20.2 Å². The molecule has 1 aromatic rings. The van der Waals surface area contributed by atoms with Crippen molar-refractivity contribution in [2.45, 2.75) is 44.4 Å². The third-order valence-corrected chi connectivity index (χ3v) is 3.33. The normalized spacial score (nSPS) is 17.8. The minimum atomic E-state index is -4.31. The molecule has 1 atom stereocenters. The average molecular weight is 258 g/mol. The Morgan fingerprint density at radius 1 is 1.28 bits per heavy atom. The SMILES string of the molecule is OC(CCC1CC1)Cc1cccc(C(F)(F)F)c1. The Kier molecular flexibility index (Phi) is 3.95. The minimum Gasteiger partial charge on any atom is -0.393 e. The fourth-order valence-corrected chi connectivity index (χ4v) is 2.08. The van der Waals surface area contributed by atoms with Crippen LogP contribution in [0.3, 0.4) is 0 Å². The number of aliphatic hydroxyl groups is 1. The molecule has 18 heavy (non-hydrogen) atoms. The Morgan fingerprint density at radius 2 is 2.00 bits per heavy atom. The van der Waals surface area contributed by atoms with Crippen LogP contribution in [0.5, 0.6) is 0 Å². The van der Waals surface area contributed by atoms with E-state index < -0.39 is 17.8 Å². The Labute approximate surface area is 105 Å². The summed E-state index contributed by atoms with van der Waals surface area (Å²) in [6, 6.07) is 5.21. The highest BCUT2D eigenvalue weighted by Crippen LogP contribution is 2.34. The number of aliphatic hydroxyl groups excluding tert-OH is 1. The molecule has 0 bridgehead atoms. The van der Waals surface area contributed by atoms with E-state index in [0.29, 0.717) is 18.4 Å². The van der Waals surface area contributed by atoms with E-state index >= 15 is 0 Å². The van der Waals surface area contributed by atoms with Crippen LogP contribution in [0, 0.1) is 5.92 Å². The molecule has 100 valence electrons. The maximum Gasteiger partial charge on any atom is 0.416 e. The second kappa shape index (κ2) is 5.31. The van der Waals surface area contributed by atoms with Gasteiger partial charge >= 0.3 is 6.18 Å². The summed E-state index contributed by atoms with van der Waals surface area (Å²) in [7, 11) is 0. The van der Waals surface area contributed by atoms with E-state index in [1.807, 2.05) is 0 Å². The maximum atomic E-state index is 12.5. The van der Waals surface area contributed by atoms with Gasteiger partial charge < -0.3 is 5.11 Å². The molecule has 1 nitrogen and oxygen atoms in total. The van der Waals surface area contributed by atoms with Crippen LogP contribution in [0.15, 0.2) is 24.3 Å². The third kappa shape index (κ3) is 4.02. The highest BCUT2D eigenvalue weighted by molar-refractivity contribution is 5.26. The molecular weight excluding hydrogens is 241 g/mol. The van der Waals surface area contributed by atoms with Gasteiger partial charge in [-0.3, -0.25) is 0 Å². The van der Waals surface area contributed by atoms with Crippen molar-refractivity contribution in [2.24, 2.45) is 5.92 Å². The van der Waals surface area contributed by atoms with E-state index in [4.69, 9.17) is 0 Å². The lowest BCUT2D eigenvalue weighted by Gasteiger charge is -2.12. The number of hydrogen-bond donors (Lipinski definition) is 1. The standard InChI is InChI=1S/C14H17F3O/c15-14(16,17)12-3-1-2-11(8-12)9-13(18)7-6-10-4-5-10/h1-3,8,10,13,18H,4-7,9H2. The number of benzene rings is 1. The van der Waals surface area contributed by atoms with Gasteiger partial charge in [-0.15, -0.1) is 0 Å². The van der Waals surface area contributed by atoms with Crippen molar-refractivity contribution < 1.29 is 18.3 Å². The van der Waals surface area contributed by atoms with Gasteiger partial charge in [-0.05, 0) is 36.8 Å². The van der Waals surface area contributed by atoms with E-state index in [9.17, 15) is 18.3 Å². The van der Waals surface area contributed by atoms with Crippen LogP contribution < -0.4 is 0 Å². The summed E-state index contributed by atoms with van der Waals surface area (Å²) in [5.41, 5.74) is -0.0949. The van der Waals surface area contributed by atoms with Crippen molar-refractivity contribution in [1.29, 1.82) is 0 Å². The van der Waals surface area contributed by atoms with Gasteiger partial charge in [-0.25, -0.2) is 0 Å². The van der Waals surface area contributed by atoms with Gasteiger partial charge in [0.2, 0.25) is 0 Å². The first-order valence-electron chi connectivity index (χ1n) is 6.29. The van der Waals surface area contributed by atoms with Gasteiger partial charge in [-0.1, -0.05) is 31.0 Å². The van der Waals surface area contributed by atoms with Crippen LogP contribution >= 0.6 is 0 Å². The highest BCUT2D eigenvalue weighted by atomic mass is 19.4. The molecular formula is C14H17F3O. The van der Waals surface area contributed by atoms with E-state index in [-0.39, 0.29) is 0 Å². The first kappa shape index (κ1) is 13.4. The smallest absolute Gasteiger partial charge is 0.393 e. The second-order valence-corrected chi connectivity index (χ2v) is 5.08. The Hall–Kier alpha value is -1.03. The largest absolute Gasteiger partial charge is 0.416 e. The molecule has 0 aromatic heterocycles. The van der Waals surface area contributed by atoms with Crippen LogP contribution in [-0.2, 0) is 12.6 Å². The first-order valence-corrected chi connectivity index (χ1v) is 6.29. The Balaban J connectivity index is 1.91. The van der Waals surface area contributed by atoms with Gasteiger partial charge in [0.1, 0.15) is 0 Å². The molecule has 1 aromatic carbocycles. The summed E-state index contributed by atoms with van der Waals surface area (Å²) in [6.07, 6.45) is -0.409. The molecule has 1 fully saturated rings. The van der Waals surface area contributed by atoms with E-state index in [1.54, 1.807) is 6.07 Å². The molecule has 2 rings (SSSR count). The molecule has 0 aliphatic heterocycles. The van der Waals surface area contributed by atoms with Crippen LogP contribution in [0.2, 0.25) is 0 Å². The summed E-state index contributed by atoms with van der Waals surface area (Å²) in [5.74, 6) is 0.737. The van der Waals surface area contributed by atoms with Crippen molar-refractivity contribution >= 4 is 0 Å². The van der Waals surface area contributed by atoms with Crippen molar-refractivity contribution in [3.63, 3.8) is 0 Å². The first-order chi connectivity index (χ1) is 8.45. The fraction of sp³-hybridized carbons (Fsp3) is 0.571. The van der Waals surface area contributed by atoms with Crippen LogP contribution in [0.4, 0.5) is 13.2 Å². The van der Waals surface area contributed by atoms with Gasteiger partial charge in [-0.2, -0.15) is 13.2 Å². The number of hydrogen-bond acceptors (Lipinski definition) is 1. The molecule has 0 radical (unpaired) electrons. The quantitative estimate of drug-likeness (QED) is 0.851. The molecule has 0 spiro atoms. The van der Waals surface area contributed by atoms with Crippen molar-refractivity contribution in [3.05, 3.63) is 35.4 Å². The predicted molar refractivity (Wildman–Crippen MR) is 63.1 cm³/mol. The van der Waals surface area contributed by atoms with Crippen LogP contribution in [-0.4, -0.2) is 11.2 Å². The average Bonchev–Trinajstić information content (AvgIpc) is 3.09. The van der Waals surface area contributed by atoms with Crippen LogP contribution in [0.25, 0.3) is 0 Å². The summed E-state index contributed by atoms with van der Waals surface area (Å²) < 4.78 is 37.5. The molecule has 1 aliphatic rings. The number of alkyl halides is 3. The summed E-state index contributed by atoms with van der Waals surface area (Å²) in [6.45, 7) is 0. The van der Waals surface area contributed by atoms with Gasteiger partial charge in [0.05, 0.1) is 11.7 Å². The van der Waals surface area contributed by atoms with Crippen molar-refractivity contribution in [3.8, 4) is 0 Å². The minimum absolute atomic E-state index is 0.302. The lowest BCUT2D eigenvalue weighted by Crippen LogP contribution is -2.12. The van der Waals surface area contributed by atoms with Gasteiger partial charge in [0.25, 0.3) is 0 Å². The third-order valence-electron chi connectivity index (χ3n) is 3.33. The molecule has 0 amide bonds. The lowest BCUT2D eigenvalue weighted by atomic mass is 10.0. The zero-order chi connectivity index (χ0) is 13.2. The molecule has 1 aliphatic carbocycles. The van der Waals surface area contributed by atoms with E-state index in [0.717, 1.165) is 24.5 Å². The van der Waals surface area contributed by atoms with Crippen molar-refractivity contribution in [2.75, 3.05) is 0 Å². The zero-order valence-electron chi connectivity index (χ0n) is 10.1. The molecule has 4 heteroatoms.